The molecule has 18 heteroatoms. The van der Waals surface area contributed by atoms with Crippen LogP contribution in [0, 0.1) is 7.11 Å². The van der Waals surface area contributed by atoms with Crippen LogP contribution in [0.3, 0.4) is 0 Å². The first kappa shape index (κ1) is 83.4. The molecule has 0 saturated heterocycles. The van der Waals surface area contributed by atoms with Crippen LogP contribution in [0.1, 0.15) is 0 Å². The van der Waals surface area contributed by atoms with Gasteiger partial charge in [0.15, 0.2) is 8.38 Å². The molecule has 0 aromatic rings. The molecule has 0 aliphatic rings. The molecule has 0 radical (unpaired) electrons. The van der Waals surface area contributed by atoms with Crippen LogP contribution in [0.25, 0.3) is 0 Å². The van der Waals surface area contributed by atoms with E-state index in [1.54, 1.807) is 27.1 Å². The molecule has 0 aromatic heterocycles. The number of hydrogen-bond acceptors (Lipinski definition) is 5. The summed E-state index contributed by atoms with van der Waals surface area (Å²) in [7, 11) is 8.28. The van der Waals surface area contributed by atoms with Crippen molar-refractivity contribution in [3.8, 4) is 0 Å². The number of hydrogen-bond donors (Lipinski definition) is 2. The molecule has 0 amide bonds. The van der Waals surface area contributed by atoms with Crippen LogP contribution in [0.2, 0.25) is 0 Å². The van der Waals surface area contributed by atoms with E-state index in [1.165, 1.54) is 7.11 Å². The van der Waals surface area contributed by atoms with Crippen molar-refractivity contribution in [1.29, 1.82) is 0 Å². The topological polar surface area (TPSA) is 68.2 Å². The van der Waals surface area contributed by atoms with Crippen LogP contribution in [-0.4, -0.2) is 104 Å². The Morgan fingerprint density at radius 1 is 0.606 bits per heavy atom. The van der Waals surface area contributed by atoms with Crippen LogP contribution in [-0.2, 0) is 140 Å². The van der Waals surface area contributed by atoms with Gasteiger partial charge in [0, 0.05) is 164 Å². The third-order valence-electron chi connectivity index (χ3n) is 0.613. The SMILES string of the molecule is COP(C)O.COPC.CP(C)C.CP(C)O.CPC.CPC.[CH2-]OPC.[W].[W].[W].[W].[W].[W]. The molecule has 3 unspecified atom stereocenters. The van der Waals surface area contributed by atoms with Gasteiger partial charge in [-0.15, -0.1) is 25.1 Å². The average Bonchev–Trinajstić information content (AvgIpc) is 2.55. The molecular weight excluding hydrogens is 1580 g/mol. The van der Waals surface area contributed by atoms with Gasteiger partial charge in [-0.1, -0.05) is 0 Å². The van der Waals surface area contributed by atoms with E-state index in [2.05, 4.69) is 67.3 Å². The fourth-order valence-corrected chi connectivity index (χ4v) is 0. The van der Waals surface area contributed by atoms with Gasteiger partial charge in [0.2, 0.25) is 0 Å². The summed E-state index contributed by atoms with van der Waals surface area (Å²) in [5.74, 6) is 0. The van der Waals surface area contributed by atoms with E-state index < -0.39 is 16.5 Å². The van der Waals surface area contributed by atoms with Crippen molar-refractivity contribution in [2.75, 3.05) is 94.2 Å². The van der Waals surface area contributed by atoms with Gasteiger partial charge in [-0.3, -0.25) is 0 Å². The van der Waals surface area contributed by atoms with E-state index in [-0.39, 0.29) is 126 Å². The van der Waals surface area contributed by atoms with E-state index in [0.717, 1.165) is 17.2 Å². The molecule has 0 rings (SSSR count). The van der Waals surface area contributed by atoms with Crippen molar-refractivity contribution in [2.45, 2.75) is 0 Å². The zero-order valence-electron chi connectivity index (χ0n) is 22.6. The van der Waals surface area contributed by atoms with Gasteiger partial charge in [-0.05, 0) is 82.1 Å². The molecule has 33 heavy (non-hydrogen) atoms. The summed E-state index contributed by atoms with van der Waals surface area (Å²) < 4.78 is 13.3. The zero-order chi connectivity index (χ0) is 23.7. The summed E-state index contributed by atoms with van der Waals surface area (Å²) >= 11 is 0. The van der Waals surface area contributed by atoms with Gasteiger partial charge in [-0.2, -0.15) is 0 Å². The molecule has 0 aliphatic heterocycles. The van der Waals surface area contributed by atoms with E-state index in [1.807, 2.05) is 13.3 Å². The molecule has 0 spiro atoms. The summed E-state index contributed by atoms with van der Waals surface area (Å²) in [6, 6.07) is 0. The predicted octanol–water partition coefficient (Wildman–Crippen LogP) is 6.27. The average molecular weight is 1630 g/mol. The van der Waals surface area contributed by atoms with Gasteiger partial charge in [0.25, 0.3) is 0 Å². The van der Waals surface area contributed by atoms with Crippen LogP contribution >= 0.6 is 59.2 Å². The maximum absolute atomic E-state index is 8.20. The van der Waals surface area contributed by atoms with Crippen molar-refractivity contribution in [3.05, 3.63) is 7.11 Å². The van der Waals surface area contributed by atoms with Crippen LogP contribution in [0.4, 0.5) is 0 Å². The largest absolute Gasteiger partial charge is 0.537 e. The molecule has 0 saturated carbocycles. The second kappa shape index (κ2) is 107. The minimum Gasteiger partial charge on any atom is -0.537 e. The molecule has 212 valence electrons. The second-order valence-electron chi connectivity index (χ2n) is 4.59. The Hall–Kier alpha value is 6.94. The fourth-order valence-electron chi connectivity index (χ4n) is 0. The quantitative estimate of drug-likeness (QED) is 0.258. The first-order valence-corrected chi connectivity index (χ1v) is 21.1. The molecular formula is C15H50O5P7W6-. The summed E-state index contributed by atoms with van der Waals surface area (Å²) in [4.78, 5) is 16.3. The molecule has 0 aliphatic carbocycles. The Kier molecular flexibility index (Phi) is 269. The van der Waals surface area contributed by atoms with E-state index in [0.29, 0.717) is 25.5 Å². The maximum Gasteiger partial charge on any atom is 0.164 e. The Morgan fingerprint density at radius 3 is 0.697 bits per heavy atom. The van der Waals surface area contributed by atoms with Crippen molar-refractivity contribution < 1.29 is 150 Å². The van der Waals surface area contributed by atoms with Crippen LogP contribution < -0.4 is 0 Å². The standard InChI is InChI=1S/C3H9P.C2H7O2P.2C2H7OP.C2H6OP.2C2H7P.6W/c1-4(2)3;1-4-5(2)3;1-4(2)3;2*1-3-4-2;2*1-3-2;;;;;;/h1-3H3;3H,1-2H3;3H,1-2H3;4H,1-2H3;4H,1H2,2H3;2*3H,1-2H3;;;;;;/q;;;;-1;;;;;;;;. The smallest absolute Gasteiger partial charge is 0.164 e. The first-order chi connectivity index (χ1) is 12.4. The maximum atomic E-state index is 8.20. The third-order valence-corrected chi connectivity index (χ3v) is 1.84. The summed E-state index contributed by atoms with van der Waals surface area (Å²) in [5, 5.41) is 0. The normalized spacial score (nSPS) is 8.09. The van der Waals surface area contributed by atoms with E-state index in [9.17, 15) is 0 Å². The van der Waals surface area contributed by atoms with Crippen molar-refractivity contribution in [1.82, 2.24) is 0 Å². The van der Waals surface area contributed by atoms with Crippen LogP contribution in [0.5, 0.6) is 0 Å². The molecule has 3 atom stereocenters. The van der Waals surface area contributed by atoms with Crippen molar-refractivity contribution in [3.63, 3.8) is 0 Å². The molecule has 2 N–H and O–H groups in total. The molecule has 0 heterocycles. The van der Waals surface area contributed by atoms with Gasteiger partial charge in [0.1, 0.15) is 0 Å². The molecule has 0 fully saturated rings. The molecule has 5 nitrogen and oxygen atoms in total. The Labute approximate surface area is 306 Å². The molecule has 0 bridgehead atoms. The van der Waals surface area contributed by atoms with Crippen LogP contribution in [0.15, 0.2) is 0 Å². The second-order valence-corrected chi connectivity index (χ2v) is 13.8. The fraction of sp³-hybridized carbons (Fsp3) is 0.933. The zero-order valence-corrected chi connectivity index (χ0v) is 46.9. The van der Waals surface area contributed by atoms with Crippen molar-refractivity contribution >= 4 is 59.2 Å². The summed E-state index contributed by atoms with van der Waals surface area (Å²) in [6.45, 7) is 24.4. The minimum atomic E-state index is -1.10. The van der Waals surface area contributed by atoms with Gasteiger partial charge in [-0.25, -0.2) is 7.11 Å². The first-order valence-electron chi connectivity index (χ1n) is 7.78. The Morgan fingerprint density at radius 2 is 0.697 bits per heavy atom. The molecule has 0 aromatic carbocycles. The summed E-state index contributed by atoms with van der Waals surface area (Å²) in [6.07, 6.45) is 0. The summed E-state index contributed by atoms with van der Waals surface area (Å²) in [5.41, 5.74) is 0. The van der Waals surface area contributed by atoms with Gasteiger partial charge < -0.3 is 23.4 Å². The Bertz CT molecular complexity index is 162. The van der Waals surface area contributed by atoms with E-state index in [4.69, 9.17) is 9.79 Å². The predicted molar refractivity (Wildman–Crippen MR) is 150 cm³/mol. The van der Waals surface area contributed by atoms with Gasteiger partial charge in [0.05, 0.1) is 0 Å². The monoisotopic (exact) mass is 1630 g/mol. The Balaban J connectivity index is -0.0000000125. The van der Waals surface area contributed by atoms with Crippen molar-refractivity contribution in [2.24, 2.45) is 0 Å². The number of rotatable bonds is 3. The minimum absolute atomic E-state index is 0. The van der Waals surface area contributed by atoms with E-state index >= 15 is 0 Å². The third kappa shape index (κ3) is 444. The van der Waals surface area contributed by atoms with Gasteiger partial charge >= 0.3 is 0 Å².